The number of primary amides is 1. The fraction of sp³-hybridized carbons (Fsp3) is 0.250. The van der Waals surface area contributed by atoms with Gasteiger partial charge >= 0.3 is 0 Å². The Kier molecular flexibility index (Phi) is 7.99. The van der Waals surface area contributed by atoms with E-state index < -0.39 is 41.8 Å². The molecule has 1 fully saturated rings. The standard InChI is InChI=1S/C32H31F2N5O4/c1-5-7-19(6-2)20-8-10-25-24(12-20)29(31(35)41)37-39(25)16-28(40)38-15-22(34)14-26(38)32(42)36-18(4)30-17(3)23-13-21(33)9-11-27(23)43-30/h5-13,18,22,26H,1-2,14-16H2,3-4H3,(H2,35,41)(H,36,42)/b19-7+/t18-,22+,26-/m0/s1. The van der Waals surface area contributed by atoms with Gasteiger partial charge in [-0.3, -0.25) is 19.1 Å². The number of halogens is 2. The molecule has 43 heavy (non-hydrogen) atoms. The van der Waals surface area contributed by atoms with E-state index in [-0.39, 0.29) is 25.2 Å². The molecule has 3 heterocycles. The molecule has 3 amide bonds. The van der Waals surface area contributed by atoms with Gasteiger partial charge < -0.3 is 20.4 Å². The van der Waals surface area contributed by atoms with Crippen LogP contribution >= 0.6 is 0 Å². The first kappa shape index (κ1) is 29.4. The largest absolute Gasteiger partial charge is 0.459 e. The summed E-state index contributed by atoms with van der Waals surface area (Å²) < 4.78 is 35.6. The number of hydrogen-bond acceptors (Lipinski definition) is 5. The number of carbonyl (C=O) groups is 3. The van der Waals surface area contributed by atoms with Crippen LogP contribution in [0.1, 0.15) is 46.8 Å². The lowest BCUT2D eigenvalue weighted by Gasteiger charge is -2.25. The Bertz CT molecular complexity index is 1820. The number of fused-ring (bicyclic) bond motifs is 2. The topological polar surface area (TPSA) is 123 Å². The van der Waals surface area contributed by atoms with Gasteiger partial charge in [-0.25, -0.2) is 8.78 Å². The van der Waals surface area contributed by atoms with E-state index in [1.807, 2.05) is 0 Å². The van der Waals surface area contributed by atoms with Gasteiger partial charge in [-0.2, -0.15) is 5.10 Å². The van der Waals surface area contributed by atoms with Crippen LogP contribution in [-0.2, 0) is 16.1 Å². The molecule has 0 bridgehead atoms. The third kappa shape index (κ3) is 5.57. The molecule has 0 unspecified atom stereocenters. The van der Waals surface area contributed by atoms with E-state index >= 15 is 0 Å². The van der Waals surface area contributed by atoms with Crippen molar-refractivity contribution in [1.29, 1.82) is 0 Å². The average Bonchev–Trinajstić information content (AvgIpc) is 3.64. The zero-order valence-corrected chi connectivity index (χ0v) is 23.8. The second-order valence-electron chi connectivity index (χ2n) is 10.5. The molecule has 4 aromatic rings. The highest BCUT2D eigenvalue weighted by atomic mass is 19.1. The van der Waals surface area contributed by atoms with Crippen molar-refractivity contribution in [3.63, 3.8) is 0 Å². The predicted molar refractivity (Wildman–Crippen MR) is 159 cm³/mol. The van der Waals surface area contributed by atoms with Crippen LogP contribution in [0.15, 0.2) is 72.2 Å². The normalized spacial score (nSPS) is 17.8. The number of furan rings is 1. The van der Waals surface area contributed by atoms with Crippen LogP contribution in [0, 0.1) is 12.7 Å². The summed E-state index contributed by atoms with van der Waals surface area (Å²) in [4.78, 5) is 40.2. The molecule has 9 nitrogen and oxygen atoms in total. The molecule has 1 aliphatic heterocycles. The first-order valence-electron chi connectivity index (χ1n) is 13.7. The third-order valence-corrected chi connectivity index (χ3v) is 7.68. The van der Waals surface area contributed by atoms with E-state index in [0.717, 1.165) is 11.1 Å². The van der Waals surface area contributed by atoms with Crippen molar-refractivity contribution in [3.05, 3.63) is 96.2 Å². The maximum atomic E-state index is 14.6. The van der Waals surface area contributed by atoms with Crippen molar-refractivity contribution in [1.82, 2.24) is 20.0 Å². The lowest BCUT2D eigenvalue weighted by molar-refractivity contribution is -0.139. The average molecular weight is 588 g/mol. The van der Waals surface area contributed by atoms with Crippen LogP contribution in [0.3, 0.4) is 0 Å². The van der Waals surface area contributed by atoms with Gasteiger partial charge in [0.05, 0.1) is 18.1 Å². The number of nitrogens with zero attached hydrogens (tertiary/aromatic N) is 3. The molecule has 3 atom stereocenters. The van der Waals surface area contributed by atoms with Crippen molar-refractivity contribution >= 4 is 45.2 Å². The molecule has 2 aromatic heterocycles. The van der Waals surface area contributed by atoms with Gasteiger partial charge in [-0.1, -0.05) is 37.5 Å². The van der Waals surface area contributed by atoms with E-state index in [0.29, 0.717) is 33.2 Å². The quantitative estimate of drug-likeness (QED) is 0.270. The number of alkyl halides is 1. The minimum absolute atomic E-state index is 0.0272. The van der Waals surface area contributed by atoms with Gasteiger partial charge in [-0.15, -0.1) is 0 Å². The van der Waals surface area contributed by atoms with Gasteiger partial charge in [-0.05, 0) is 55.3 Å². The second kappa shape index (κ2) is 11.7. The van der Waals surface area contributed by atoms with Crippen LogP contribution in [0.2, 0.25) is 0 Å². The summed E-state index contributed by atoms with van der Waals surface area (Å²) in [6.45, 7) is 10.3. The second-order valence-corrected chi connectivity index (χ2v) is 10.5. The summed E-state index contributed by atoms with van der Waals surface area (Å²) in [6, 6.07) is 7.66. The highest BCUT2D eigenvalue weighted by Gasteiger charge is 2.40. The minimum Gasteiger partial charge on any atom is -0.459 e. The number of amides is 3. The molecular weight excluding hydrogens is 556 g/mol. The zero-order valence-electron chi connectivity index (χ0n) is 23.8. The molecule has 2 aromatic carbocycles. The summed E-state index contributed by atoms with van der Waals surface area (Å²) >= 11 is 0. The SMILES string of the molecule is C=C/C=C(\C=C)c1ccc2c(c1)c(C(N)=O)nn2CC(=O)N1C[C@H](F)C[C@H]1C(=O)N[C@@H](C)c1oc2ccc(F)cc2c1C. The first-order valence-corrected chi connectivity index (χ1v) is 13.7. The molecule has 1 aliphatic rings. The Morgan fingerprint density at radius 2 is 1.98 bits per heavy atom. The monoisotopic (exact) mass is 587 g/mol. The Hall–Kier alpha value is -5.06. The van der Waals surface area contributed by atoms with E-state index in [1.54, 1.807) is 50.3 Å². The lowest BCUT2D eigenvalue weighted by atomic mass is 10.0. The fourth-order valence-electron chi connectivity index (χ4n) is 5.60. The number of aryl methyl sites for hydroxylation is 1. The van der Waals surface area contributed by atoms with Gasteiger partial charge in [0.15, 0.2) is 5.69 Å². The smallest absolute Gasteiger partial charge is 0.269 e. The minimum atomic E-state index is -1.40. The summed E-state index contributed by atoms with van der Waals surface area (Å²) in [5.41, 5.74) is 8.68. The molecule has 11 heteroatoms. The summed E-state index contributed by atoms with van der Waals surface area (Å²) in [5.74, 6) is -1.85. The molecule has 1 saturated heterocycles. The molecule has 0 saturated carbocycles. The van der Waals surface area contributed by atoms with E-state index in [9.17, 15) is 23.2 Å². The Morgan fingerprint density at radius 3 is 2.67 bits per heavy atom. The number of aromatic nitrogens is 2. The van der Waals surface area contributed by atoms with Crippen LogP contribution in [0.5, 0.6) is 0 Å². The number of rotatable bonds is 9. The molecule has 222 valence electrons. The number of hydrogen-bond donors (Lipinski definition) is 2. The molecule has 0 spiro atoms. The number of nitrogens with one attached hydrogen (secondary N) is 1. The molecule has 3 N–H and O–H groups in total. The molecular formula is C32H31F2N5O4. The fourth-order valence-corrected chi connectivity index (χ4v) is 5.60. The lowest BCUT2D eigenvalue weighted by Crippen LogP contribution is -2.47. The first-order chi connectivity index (χ1) is 20.5. The van der Waals surface area contributed by atoms with Crippen molar-refractivity contribution < 1.29 is 27.6 Å². The molecule has 5 rings (SSSR count). The van der Waals surface area contributed by atoms with Gasteiger partial charge in [0.25, 0.3) is 5.91 Å². The number of benzene rings is 2. The number of nitrogens with two attached hydrogens (primary N) is 1. The van der Waals surface area contributed by atoms with Crippen LogP contribution in [-0.4, -0.2) is 51.2 Å². The van der Waals surface area contributed by atoms with E-state index in [4.69, 9.17) is 10.2 Å². The highest BCUT2D eigenvalue weighted by molar-refractivity contribution is 6.05. The Morgan fingerprint density at radius 1 is 1.21 bits per heavy atom. The third-order valence-electron chi connectivity index (χ3n) is 7.68. The van der Waals surface area contributed by atoms with Crippen LogP contribution in [0.25, 0.3) is 27.4 Å². The van der Waals surface area contributed by atoms with Crippen molar-refractivity contribution in [3.8, 4) is 0 Å². The van der Waals surface area contributed by atoms with Gasteiger partial charge in [0.2, 0.25) is 11.8 Å². The summed E-state index contributed by atoms with van der Waals surface area (Å²) in [5, 5.41) is 8.12. The van der Waals surface area contributed by atoms with E-state index in [1.165, 1.54) is 27.8 Å². The number of allylic oxidation sites excluding steroid dienone is 4. The summed E-state index contributed by atoms with van der Waals surface area (Å²) in [6.07, 6.45) is 3.43. The van der Waals surface area contributed by atoms with E-state index in [2.05, 4.69) is 23.6 Å². The van der Waals surface area contributed by atoms with Crippen LogP contribution in [0.4, 0.5) is 8.78 Å². The van der Waals surface area contributed by atoms with Crippen molar-refractivity contribution in [2.45, 2.75) is 45.1 Å². The predicted octanol–water partition coefficient (Wildman–Crippen LogP) is 4.90. The maximum Gasteiger partial charge on any atom is 0.269 e. The van der Waals surface area contributed by atoms with Crippen molar-refractivity contribution in [2.24, 2.45) is 5.73 Å². The Labute approximate surface area is 246 Å². The van der Waals surface area contributed by atoms with Gasteiger partial charge in [0, 0.05) is 22.8 Å². The number of carbonyl (C=O) groups excluding carboxylic acids is 3. The van der Waals surface area contributed by atoms with Crippen molar-refractivity contribution in [2.75, 3.05) is 6.54 Å². The highest BCUT2D eigenvalue weighted by Crippen LogP contribution is 2.31. The molecule has 0 radical (unpaired) electrons. The number of likely N-dealkylation sites (tertiary alicyclic amines) is 1. The zero-order chi connectivity index (χ0) is 31.0. The molecule has 0 aliphatic carbocycles. The summed E-state index contributed by atoms with van der Waals surface area (Å²) in [7, 11) is 0. The van der Waals surface area contributed by atoms with Gasteiger partial charge in [0.1, 0.15) is 35.9 Å². The maximum absolute atomic E-state index is 14.6. The Balaban J connectivity index is 1.38. The van der Waals surface area contributed by atoms with Crippen LogP contribution < -0.4 is 11.1 Å².